The molecule has 0 spiro atoms. The van der Waals surface area contributed by atoms with Crippen LogP contribution in [0.25, 0.3) is 0 Å². The standard InChI is InChI=1S/C14H16N2O2S/c1-9(14(17)18)19-13-11(8-15)7-10-5-3-2-4-6-12(10)16-13/h7,9H,2-6H2,1H3,(H,17,18)/t9-/m1/s1. The van der Waals surface area contributed by atoms with Crippen LogP contribution in [0.5, 0.6) is 0 Å². The van der Waals surface area contributed by atoms with Crippen LogP contribution < -0.4 is 0 Å². The Morgan fingerprint density at radius 3 is 2.89 bits per heavy atom. The van der Waals surface area contributed by atoms with Crippen molar-refractivity contribution in [2.45, 2.75) is 49.3 Å². The van der Waals surface area contributed by atoms with Gasteiger partial charge in [-0.3, -0.25) is 4.79 Å². The van der Waals surface area contributed by atoms with Crippen molar-refractivity contribution in [2.24, 2.45) is 0 Å². The Kier molecular flexibility index (Phi) is 4.43. The van der Waals surface area contributed by atoms with Crippen LogP contribution in [0.2, 0.25) is 0 Å². The Balaban J connectivity index is 2.35. The van der Waals surface area contributed by atoms with Crippen LogP contribution in [0.1, 0.15) is 43.0 Å². The fourth-order valence-electron chi connectivity index (χ4n) is 2.18. The third kappa shape index (κ3) is 3.27. The molecule has 19 heavy (non-hydrogen) atoms. The molecule has 1 aliphatic rings. The molecule has 1 atom stereocenters. The molecule has 5 heteroatoms. The average Bonchev–Trinajstić information content (AvgIpc) is 2.62. The minimum atomic E-state index is -0.884. The van der Waals surface area contributed by atoms with E-state index in [9.17, 15) is 10.1 Å². The number of hydrogen-bond donors (Lipinski definition) is 1. The summed E-state index contributed by atoms with van der Waals surface area (Å²) >= 11 is 1.15. The van der Waals surface area contributed by atoms with E-state index in [0.717, 1.165) is 48.7 Å². The maximum atomic E-state index is 10.9. The summed E-state index contributed by atoms with van der Waals surface area (Å²) in [4.78, 5) is 15.5. The lowest BCUT2D eigenvalue weighted by Gasteiger charge is -2.11. The molecule has 0 unspecified atom stereocenters. The molecule has 1 aliphatic carbocycles. The summed E-state index contributed by atoms with van der Waals surface area (Å²) in [7, 11) is 0. The molecule has 1 aromatic heterocycles. The van der Waals surface area contributed by atoms with Crippen molar-refractivity contribution >= 4 is 17.7 Å². The van der Waals surface area contributed by atoms with Crippen molar-refractivity contribution in [2.75, 3.05) is 0 Å². The van der Waals surface area contributed by atoms with Gasteiger partial charge in [0, 0.05) is 5.69 Å². The summed E-state index contributed by atoms with van der Waals surface area (Å²) in [5.41, 5.74) is 2.69. The monoisotopic (exact) mass is 276 g/mol. The number of aromatic nitrogens is 1. The number of thioether (sulfide) groups is 1. The molecule has 0 saturated carbocycles. The summed E-state index contributed by atoms with van der Waals surface area (Å²) in [5.74, 6) is -0.884. The van der Waals surface area contributed by atoms with Crippen LogP contribution in [0.4, 0.5) is 0 Å². The number of aliphatic carboxylic acids is 1. The van der Waals surface area contributed by atoms with Gasteiger partial charge in [0.2, 0.25) is 0 Å². The van der Waals surface area contributed by atoms with Crippen LogP contribution in [0.3, 0.4) is 0 Å². The van der Waals surface area contributed by atoms with Gasteiger partial charge in [-0.25, -0.2) is 4.98 Å². The van der Waals surface area contributed by atoms with Crippen molar-refractivity contribution in [3.05, 3.63) is 22.9 Å². The second-order valence-corrected chi connectivity index (χ2v) is 6.05. The van der Waals surface area contributed by atoms with Gasteiger partial charge < -0.3 is 5.11 Å². The summed E-state index contributed by atoms with van der Waals surface area (Å²) < 4.78 is 0. The SMILES string of the molecule is C[C@@H](Sc1nc2c(cc1C#N)CCCCC2)C(=O)O. The van der Waals surface area contributed by atoms with E-state index in [-0.39, 0.29) is 0 Å². The van der Waals surface area contributed by atoms with Crippen LogP contribution in [0, 0.1) is 11.3 Å². The van der Waals surface area contributed by atoms with Gasteiger partial charge in [-0.15, -0.1) is 0 Å². The molecule has 0 saturated heterocycles. The molecule has 0 bridgehead atoms. The second-order valence-electron chi connectivity index (χ2n) is 4.72. The predicted molar refractivity (Wildman–Crippen MR) is 73.2 cm³/mol. The zero-order valence-electron chi connectivity index (χ0n) is 10.8. The van der Waals surface area contributed by atoms with Gasteiger partial charge in [-0.1, -0.05) is 18.2 Å². The van der Waals surface area contributed by atoms with Gasteiger partial charge in [0.1, 0.15) is 16.3 Å². The van der Waals surface area contributed by atoms with Crippen LogP contribution >= 0.6 is 11.8 Å². The largest absolute Gasteiger partial charge is 0.480 e. The van der Waals surface area contributed by atoms with Crippen LogP contribution in [0.15, 0.2) is 11.1 Å². The van der Waals surface area contributed by atoms with Gasteiger partial charge >= 0.3 is 5.97 Å². The van der Waals surface area contributed by atoms with Gasteiger partial charge in [-0.2, -0.15) is 5.26 Å². The number of rotatable bonds is 3. The first-order valence-electron chi connectivity index (χ1n) is 6.44. The Bertz CT molecular complexity index is 537. The van der Waals surface area contributed by atoms with E-state index in [1.165, 1.54) is 6.42 Å². The van der Waals surface area contributed by atoms with E-state index in [4.69, 9.17) is 5.11 Å². The number of nitrogens with zero attached hydrogens (tertiary/aromatic N) is 2. The Hall–Kier alpha value is -1.54. The smallest absolute Gasteiger partial charge is 0.316 e. The number of fused-ring (bicyclic) bond motifs is 1. The predicted octanol–water partition coefficient (Wildman–Crippen LogP) is 2.79. The molecule has 0 radical (unpaired) electrons. The Labute approximate surface area is 116 Å². The molecule has 4 nitrogen and oxygen atoms in total. The molecular weight excluding hydrogens is 260 g/mol. The number of hydrogen-bond acceptors (Lipinski definition) is 4. The van der Waals surface area contributed by atoms with E-state index >= 15 is 0 Å². The summed E-state index contributed by atoms with van der Waals surface area (Å²) in [6.45, 7) is 1.61. The van der Waals surface area contributed by atoms with E-state index in [1.807, 2.05) is 6.07 Å². The number of carbonyl (C=O) groups is 1. The lowest BCUT2D eigenvalue weighted by molar-refractivity contribution is -0.136. The zero-order chi connectivity index (χ0) is 13.8. The number of pyridine rings is 1. The molecule has 2 rings (SSSR count). The fourth-order valence-corrected chi connectivity index (χ4v) is 3.01. The van der Waals surface area contributed by atoms with E-state index < -0.39 is 11.2 Å². The molecule has 0 fully saturated rings. The van der Waals surface area contributed by atoms with E-state index in [1.54, 1.807) is 6.92 Å². The van der Waals surface area contributed by atoms with Crippen LogP contribution in [-0.4, -0.2) is 21.3 Å². The zero-order valence-corrected chi connectivity index (χ0v) is 11.7. The van der Waals surface area contributed by atoms with E-state index in [0.29, 0.717) is 10.6 Å². The molecule has 1 heterocycles. The first-order chi connectivity index (χ1) is 9.11. The highest BCUT2D eigenvalue weighted by Gasteiger charge is 2.19. The topological polar surface area (TPSA) is 74.0 Å². The van der Waals surface area contributed by atoms with Crippen LogP contribution in [-0.2, 0) is 17.6 Å². The first-order valence-corrected chi connectivity index (χ1v) is 7.32. The van der Waals surface area contributed by atoms with Gasteiger partial charge in [-0.05, 0) is 44.2 Å². The summed E-state index contributed by atoms with van der Waals surface area (Å²) in [5, 5.41) is 18.1. The normalized spacial score (nSPS) is 16.0. The minimum Gasteiger partial charge on any atom is -0.480 e. The quantitative estimate of drug-likeness (QED) is 0.678. The Morgan fingerprint density at radius 1 is 1.47 bits per heavy atom. The maximum absolute atomic E-state index is 10.9. The summed E-state index contributed by atoms with van der Waals surface area (Å²) in [6.07, 6.45) is 5.33. The molecule has 1 aromatic rings. The van der Waals surface area contributed by atoms with Gasteiger partial charge in [0.15, 0.2) is 0 Å². The second kappa shape index (κ2) is 6.07. The lowest BCUT2D eigenvalue weighted by atomic mass is 10.1. The molecule has 0 aromatic carbocycles. The number of carboxylic acids is 1. The number of nitriles is 1. The fraction of sp³-hybridized carbons (Fsp3) is 0.500. The highest BCUT2D eigenvalue weighted by molar-refractivity contribution is 8.00. The number of carboxylic acid groups (broad SMARTS) is 1. The minimum absolute atomic E-state index is 0.499. The average molecular weight is 276 g/mol. The van der Waals surface area contributed by atoms with E-state index in [2.05, 4.69) is 11.1 Å². The van der Waals surface area contributed by atoms with Crippen molar-refractivity contribution in [3.8, 4) is 6.07 Å². The third-order valence-corrected chi connectivity index (χ3v) is 4.36. The Morgan fingerprint density at radius 2 is 2.21 bits per heavy atom. The third-order valence-electron chi connectivity index (χ3n) is 3.27. The lowest BCUT2D eigenvalue weighted by Crippen LogP contribution is -2.12. The maximum Gasteiger partial charge on any atom is 0.316 e. The molecular formula is C14H16N2O2S. The molecule has 0 aliphatic heterocycles. The first kappa shape index (κ1) is 13.9. The highest BCUT2D eigenvalue weighted by atomic mass is 32.2. The number of aryl methyl sites for hydroxylation is 2. The van der Waals surface area contributed by atoms with Crippen molar-refractivity contribution in [1.82, 2.24) is 4.98 Å². The van der Waals surface area contributed by atoms with Crippen molar-refractivity contribution in [3.63, 3.8) is 0 Å². The molecule has 0 amide bonds. The molecule has 100 valence electrons. The van der Waals surface area contributed by atoms with Gasteiger partial charge in [0.05, 0.1) is 5.56 Å². The highest BCUT2D eigenvalue weighted by Crippen LogP contribution is 2.29. The van der Waals surface area contributed by atoms with Gasteiger partial charge in [0.25, 0.3) is 0 Å². The molecule has 1 N–H and O–H groups in total. The summed E-state index contributed by atoms with van der Waals surface area (Å²) in [6, 6.07) is 4.03. The van der Waals surface area contributed by atoms with Crippen molar-refractivity contribution in [1.29, 1.82) is 5.26 Å². The van der Waals surface area contributed by atoms with Crippen molar-refractivity contribution < 1.29 is 9.90 Å².